The zero-order valence-corrected chi connectivity index (χ0v) is 18.0. The molecule has 29 heavy (non-hydrogen) atoms. The van der Waals surface area contributed by atoms with Crippen LogP contribution in [0.2, 0.25) is 0 Å². The molecule has 0 radical (unpaired) electrons. The molecule has 3 rings (SSSR count). The summed E-state index contributed by atoms with van der Waals surface area (Å²) < 4.78 is 16.9. The highest BCUT2D eigenvalue weighted by atomic mass is 79.9. The monoisotopic (exact) mass is 476 g/mol. The van der Waals surface area contributed by atoms with Crippen LogP contribution in [0.1, 0.15) is 23.1 Å². The minimum atomic E-state index is -0.422. The van der Waals surface area contributed by atoms with Gasteiger partial charge in [-0.2, -0.15) is 0 Å². The number of para-hydroxylation sites is 1. The summed E-state index contributed by atoms with van der Waals surface area (Å²) in [4.78, 5) is 23.6. The Balaban J connectivity index is 1.83. The topological polar surface area (TPSA) is 76.9 Å². The molecule has 0 atom stereocenters. The van der Waals surface area contributed by atoms with Crippen LogP contribution in [0.5, 0.6) is 0 Å². The molecule has 0 aliphatic carbocycles. The quantitative estimate of drug-likeness (QED) is 0.394. The number of rotatable bonds is 8. The lowest BCUT2D eigenvalue weighted by atomic mass is 10.2. The molecule has 6 nitrogen and oxygen atoms in total. The molecule has 1 N–H and O–H groups in total. The van der Waals surface area contributed by atoms with Crippen LogP contribution in [0.3, 0.4) is 0 Å². The molecule has 0 fully saturated rings. The summed E-state index contributed by atoms with van der Waals surface area (Å²) in [7, 11) is 0. The van der Waals surface area contributed by atoms with E-state index in [1.165, 1.54) is 24.8 Å². The number of aromatic nitrogens is 3. The van der Waals surface area contributed by atoms with E-state index in [1.54, 1.807) is 47.0 Å². The van der Waals surface area contributed by atoms with E-state index in [-0.39, 0.29) is 17.4 Å². The second-order valence-electron chi connectivity index (χ2n) is 6.14. The number of ketones is 1. The average Bonchev–Trinajstić information content (AvgIpc) is 3.09. The van der Waals surface area contributed by atoms with Gasteiger partial charge in [0.15, 0.2) is 10.9 Å². The molecular weight excluding hydrogens is 459 g/mol. The van der Waals surface area contributed by atoms with Gasteiger partial charge in [-0.15, -0.1) is 10.2 Å². The van der Waals surface area contributed by atoms with Crippen LogP contribution in [-0.4, -0.2) is 38.8 Å². The molecule has 0 unspecified atom stereocenters. The molecule has 1 aromatic heterocycles. The van der Waals surface area contributed by atoms with E-state index in [2.05, 4.69) is 31.4 Å². The van der Waals surface area contributed by atoms with E-state index in [0.717, 1.165) is 4.47 Å². The molecule has 0 saturated heterocycles. The van der Waals surface area contributed by atoms with Gasteiger partial charge in [0.1, 0.15) is 11.6 Å². The molecule has 9 heteroatoms. The standard InChI is InChI=1S/C20H18BrFN4O2S/c1-13(27)23-11-10-19-24-25-20(26(19)17-5-3-2-4-16(17)22)29-12-18(28)14-6-8-15(21)9-7-14/h2-9H,10-12H2,1H3,(H,23,27). The summed E-state index contributed by atoms with van der Waals surface area (Å²) >= 11 is 4.54. The van der Waals surface area contributed by atoms with Gasteiger partial charge in [-0.05, 0) is 24.3 Å². The van der Waals surface area contributed by atoms with Crippen LogP contribution in [0.4, 0.5) is 4.39 Å². The number of carbonyl (C=O) groups is 2. The third-order valence-electron chi connectivity index (χ3n) is 4.01. The highest BCUT2D eigenvalue weighted by Crippen LogP contribution is 2.25. The number of amides is 1. The maximum absolute atomic E-state index is 14.4. The summed E-state index contributed by atoms with van der Waals surface area (Å²) in [6, 6.07) is 13.4. The Kier molecular flexibility index (Phi) is 7.16. The lowest BCUT2D eigenvalue weighted by Crippen LogP contribution is -2.23. The fraction of sp³-hybridized carbons (Fsp3) is 0.200. The van der Waals surface area contributed by atoms with Crippen molar-refractivity contribution in [2.45, 2.75) is 18.5 Å². The summed E-state index contributed by atoms with van der Waals surface area (Å²) in [5.74, 6) is -0.00135. The molecule has 1 amide bonds. The number of hydrogen-bond acceptors (Lipinski definition) is 5. The van der Waals surface area contributed by atoms with E-state index in [0.29, 0.717) is 35.2 Å². The lowest BCUT2D eigenvalue weighted by Gasteiger charge is -2.11. The van der Waals surface area contributed by atoms with Crippen molar-refractivity contribution in [1.82, 2.24) is 20.1 Å². The normalized spacial score (nSPS) is 10.7. The van der Waals surface area contributed by atoms with Gasteiger partial charge in [-0.1, -0.05) is 52.0 Å². The van der Waals surface area contributed by atoms with Crippen molar-refractivity contribution in [3.63, 3.8) is 0 Å². The predicted molar refractivity (Wildman–Crippen MR) is 113 cm³/mol. The van der Waals surface area contributed by atoms with Crippen molar-refractivity contribution in [2.24, 2.45) is 0 Å². The minimum absolute atomic E-state index is 0.0645. The molecular formula is C20H18BrFN4O2S. The second-order valence-corrected chi connectivity index (χ2v) is 8.00. The number of nitrogens with one attached hydrogen (secondary N) is 1. The molecule has 1 heterocycles. The molecule has 150 valence electrons. The Morgan fingerprint density at radius 2 is 1.86 bits per heavy atom. The maximum atomic E-state index is 14.4. The number of halogens is 2. The first-order valence-electron chi connectivity index (χ1n) is 8.81. The van der Waals surface area contributed by atoms with Gasteiger partial charge < -0.3 is 5.32 Å². The Hall–Kier alpha value is -2.52. The van der Waals surface area contributed by atoms with Gasteiger partial charge in [-0.3, -0.25) is 14.2 Å². The summed E-state index contributed by atoms with van der Waals surface area (Å²) in [5, 5.41) is 11.4. The summed E-state index contributed by atoms with van der Waals surface area (Å²) in [6.07, 6.45) is 0.377. The van der Waals surface area contributed by atoms with Crippen molar-refractivity contribution in [3.8, 4) is 5.69 Å². The number of carbonyl (C=O) groups excluding carboxylic acids is 2. The molecule has 0 aliphatic rings. The van der Waals surface area contributed by atoms with E-state index in [4.69, 9.17) is 0 Å². The SMILES string of the molecule is CC(=O)NCCc1nnc(SCC(=O)c2ccc(Br)cc2)n1-c1ccccc1F. The largest absolute Gasteiger partial charge is 0.356 e. The third kappa shape index (κ3) is 5.51. The van der Waals surface area contributed by atoms with E-state index < -0.39 is 5.82 Å². The van der Waals surface area contributed by atoms with Gasteiger partial charge in [0.05, 0.1) is 11.4 Å². The van der Waals surface area contributed by atoms with Gasteiger partial charge in [0.2, 0.25) is 5.91 Å². The number of Topliss-reactive ketones (excluding diaryl/α,β-unsaturated/α-hetero) is 1. The number of hydrogen-bond donors (Lipinski definition) is 1. The third-order valence-corrected chi connectivity index (χ3v) is 5.47. The first kappa shape index (κ1) is 21.2. The van der Waals surface area contributed by atoms with Gasteiger partial charge in [0.25, 0.3) is 0 Å². The molecule has 0 spiro atoms. The number of thioether (sulfide) groups is 1. The van der Waals surface area contributed by atoms with Crippen molar-refractivity contribution in [2.75, 3.05) is 12.3 Å². The fourth-order valence-electron chi connectivity index (χ4n) is 2.63. The van der Waals surface area contributed by atoms with E-state index in [1.807, 2.05) is 0 Å². The van der Waals surface area contributed by atoms with Gasteiger partial charge in [-0.25, -0.2) is 4.39 Å². The van der Waals surface area contributed by atoms with Crippen molar-refractivity contribution in [1.29, 1.82) is 0 Å². The summed E-state index contributed by atoms with van der Waals surface area (Å²) in [6.45, 7) is 1.78. The molecule has 0 bridgehead atoms. The zero-order valence-electron chi connectivity index (χ0n) is 15.6. The highest BCUT2D eigenvalue weighted by molar-refractivity contribution is 9.10. The van der Waals surface area contributed by atoms with Crippen molar-refractivity contribution in [3.05, 3.63) is 70.2 Å². The van der Waals surface area contributed by atoms with Gasteiger partial charge >= 0.3 is 0 Å². The van der Waals surface area contributed by atoms with Crippen LogP contribution < -0.4 is 5.32 Å². The van der Waals surface area contributed by atoms with Crippen LogP contribution in [0.25, 0.3) is 5.69 Å². The first-order chi connectivity index (χ1) is 14.0. The fourth-order valence-corrected chi connectivity index (χ4v) is 3.75. The molecule has 2 aromatic carbocycles. The van der Waals surface area contributed by atoms with Crippen molar-refractivity contribution >= 4 is 39.4 Å². The average molecular weight is 477 g/mol. The van der Waals surface area contributed by atoms with Gasteiger partial charge in [0, 0.05) is 29.9 Å². The molecule has 0 aliphatic heterocycles. The number of benzene rings is 2. The first-order valence-corrected chi connectivity index (χ1v) is 10.6. The van der Waals surface area contributed by atoms with Crippen LogP contribution in [-0.2, 0) is 11.2 Å². The maximum Gasteiger partial charge on any atom is 0.216 e. The van der Waals surface area contributed by atoms with Crippen LogP contribution >= 0.6 is 27.7 Å². The summed E-state index contributed by atoms with van der Waals surface area (Å²) in [5.41, 5.74) is 0.887. The van der Waals surface area contributed by atoms with E-state index >= 15 is 0 Å². The highest BCUT2D eigenvalue weighted by Gasteiger charge is 2.18. The Morgan fingerprint density at radius 3 is 2.55 bits per heavy atom. The van der Waals surface area contributed by atoms with Crippen LogP contribution in [0, 0.1) is 5.82 Å². The smallest absolute Gasteiger partial charge is 0.216 e. The Bertz CT molecular complexity index is 1020. The Morgan fingerprint density at radius 1 is 1.14 bits per heavy atom. The van der Waals surface area contributed by atoms with Crippen LogP contribution in [0.15, 0.2) is 58.2 Å². The minimum Gasteiger partial charge on any atom is -0.356 e. The van der Waals surface area contributed by atoms with E-state index in [9.17, 15) is 14.0 Å². The second kappa shape index (κ2) is 9.80. The predicted octanol–water partition coefficient (Wildman–Crippen LogP) is 3.82. The molecule has 0 saturated carbocycles. The molecule has 3 aromatic rings. The van der Waals surface area contributed by atoms with Crippen molar-refractivity contribution < 1.29 is 14.0 Å². The Labute approximate surface area is 180 Å². The zero-order chi connectivity index (χ0) is 20.8. The lowest BCUT2D eigenvalue weighted by molar-refractivity contribution is -0.118. The number of nitrogens with zero attached hydrogens (tertiary/aromatic N) is 3.